The maximum absolute atomic E-state index is 13.4. The number of hydrogen-bond acceptors (Lipinski definition) is 7. The van der Waals surface area contributed by atoms with E-state index in [-0.39, 0.29) is 23.3 Å². The van der Waals surface area contributed by atoms with Gasteiger partial charge in [-0.2, -0.15) is 4.58 Å². The molecule has 45 heavy (non-hydrogen) atoms. The fourth-order valence-electron chi connectivity index (χ4n) is 5.58. The summed E-state index contributed by atoms with van der Waals surface area (Å²) >= 11 is 0. The molecule has 1 aliphatic heterocycles. The molecule has 1 unspecified atom stereocenters. The average molecular weight is 610 g/mol. The molecule has 0 saturated heterocycles. The molecule has 1 saturated carbocycles. The van der Waals surface area contributed by atoms with Crippen molar-refractivity contribution in [3.8, 4) is 5.75 Å². The Bertz CT molecular complexity index is 1640. The summed E-state index contributed by atoms with van der Waals surface area (Å²) in [5, 5.41) is 5.73. The molecule has 2 aromatic heterocycles. The Balaban J connectivity index is 1.47. The van der Waals surface area contributed by atoms with Crippen molar-refractivity contribution in [3.05, 3.63) is 95.0 Å². The molecular weight excluding hydrogens is 568 g/mol. The van der Waals surface area contributed by atoms with Gasteiger partial charge in [-0.15, -0.1) is 0 Å². The molecular formula is C35H41N6O4+. The highest BCUT2D eigenvalue weighted by Crippen LogP contribution is 2.40. The number of ether oxygens (including phenoxy) is 1. The Morgan fingerprint density at radius 3 is 2.53 bits per heavy atom. The number of anilines is 1. The largest absolute Gasteiger partial charge is 0.482 e. The molecule has 1 atom stereocenters. The molecule has 2 N–H and O–H groups in total. The minimum atomic E-state index is -0.517. The van der Waals surface area contributed by atoms with Gasteiger partial charge in [0.15, 0.2) is 18.4 Å². The van der Waals surface area contributed by atoms with Crippen LogP contribution in [-0.2, 0) is 4.79 Å². The summed E-state index contributed by atoms with van der Waals surface area (Å²) in [6, 6.07) is 11.1. The maximum Gasteiger partial charge on any atom is 0.411 e. The standard InChI is InChI=1S/C35H40N6O4/c1-6-32(42)41-16-15-40(20-24(41)5)21-31(29-13-12-26(19-38-29)25-10-11-25)45-30-17-23(4)27(18-28(30)34(43)36-7-2)35(44)39-33-22(3)9-8-14-37-33/h6,8-9,12-14,17-19,25,31H,1,7,10-11,15-16,20-21H2,2-5H3,(H-,36,37,39,43,44)/p+1. The summed E-state index contributed by atoms with van der Waals surface area (Å²) in [6.45, 7) is 13.8. The van der Waals surface area contributed by atoms with E-state index >= 15 is 0 Å². The van der Waals surface area contributed by atoms with Crippen LogP contribution >= 0.6 is 0 Å². The number of rotatable bonds is 11. The lowest BCUT2D eigenvalue weighted by Gasteiger charge is -2.29. The number of carbonyl (C=O) groups excluding carboxylic acids is 3. The fourth-order valence-corrected chi connectivity index (χ4v) is 5.58. The summed E-state index contributed by atoms with van der Waals surface area (Å²) in [4.78, 5) is 50.3. The Hall–Kier alpha value is -4.70. The number of amides is 3. The van der Waals surface area contributed by atoms with Gasteiger partial charge in [-0.05, 0) is 80.5 Å². The van der Waals surface area contributed by atoms with Crippen LogP contribution in [0.15, 0.2) is 61.4 Å². The van der Waals surface area contributed by atoms with Crippen molar-refractivity contribution in [3.63, 3.8) is 0 Å². The predicted octanol–water partition coefficient (Wildman–Crippen LogP) is 4.59. The zero-order chi connectivity index (χ0) is 32.1. The quantitative estimate of drug-likeness (QED) is 0.241. The second-order valence-electron chi connectivity index (χ2n) is 11.7. The highest BCUT2D eigenvalue weighted by atomic mass is 16.5. The van der Waals surface area contributed by atoms with Crippen LogP contribution in [0.25, 0.3) is 0 Å². The average Bonchev–Trinajstić information content (AvgIpc) is 3.88. The molecule has 3 aromatic rings. The highest BCUT2D eigenvalue weighted by Gasteiger charge is 2.31. The molecule has 0 bridgehead atoms. The van der Waals surface area contributed by atoms with E-state index in [1.54, 1.807) is 29.0 Å². The summed E-state index contributed by atoms with van der Waals surface area (Å²) in [5.74, 6) is 0.582. The number of benzene rings is 1. The molecule has 1 fully saturated rings. The lowest BCUT2D eigenvalue weighted by molar-refractivity contribution is -0.451. The SMILES string of the molecule is C=CC(=O)[N+]1=C(C)CN(CC(Oc2cc(C)c(C(=O)Nc3ncccc3C)cc2C(=O)NCC)c2ccc(C3CC3)cn2)CC1. The summed E-state index contributed by atoms with van der Waals surface area (Å²) in [5.41, 5.74) is 4.99. The van der Waals surface area contributed by atoms with Gasteiger partial charge in [0.25, 0.3) is 11.8 Å². The van der Waals surface area contributed by atoms with Gasteiger partial charge in [0.2, 0.25) is 0 Å². The normalized spacial score (nSPS) is 15.7. The first-order valence-electron chi connectivity index (χ1n) is 15.5. The number of pyridine rings is 2. The topological polar surface area (TPSA) is 117 Å². The van der Waals surface area contributed by atoms with Crippen molar-refractivity contribution in [2.75, 3.05) is 38.0 Å². The number of nitrogens with zero attached hydrogens (tertiary/aromatic N) is 4. The monoisotopic (exact) mass is 609 g/mol. The second kappa shape index (κ2) is 13.9. The smallest absolute Gasteiger partial charge is 0.411 e. The van der Waals surface area contributed by atoms with Crippen molar-refractivity contribution in [2.45, 2.75) is 52.6 Å². The van der Waals surface area contributed by atoms with E-state index < -0.39 is 6.10 Å². The van der Waals surface area contributed by atoms with Gasteiger partial charge < -0.3 is 15.4 Å². The van der Waals surface area contributed by atoms with Crippen molar-refractivity contribution >= 4 is 29.3 Å². The van der Waals surface area contributed by atoms with Crippen molar-refractivity contribution in [1.82, 2.24) is 20.2 Å². The van der Waals surface area contributed by atoms with Crippen LogP contribution in [0.2, 0.25) is 0 Å². The van der Waals surface area contributed by atoms with Crippen molar-refractivity contribution in [2.24, 2.45) is 0 Å². The van der Waals surface area contributed by atoms with Gasteiger partial charge in [-0.3, -0.25) is 19.5 Å². The van der Waals surface area contributed by atoms with E-state index in [1.165, 1.54) is 24.5 Å². The van der Waals surface area contributed by atoms with Crippen LogP contribution in [0, 0.1) is 13.8 Å². The third-order valence-electron chi connectivity index (χ3n) is 8.27. The summed E-state index contributed by atoms with van der Waals surface area (Å²) < 4.78 is 8.43. The highest BCUT2D eigenvalue weighted by molar-refractivity contribution is 6.07. The number of carbonyl (C=O) groups is 3. The number of nitrogens with one attached hydrogen (secondary N) is 2. The van der Waals surface area contributed by atoms with E-state index in [0.29, 0.717) is 61.3 Å². The van der Waals surface area contributed by atoms with Crippen LogP contribution in [0.1, 0.15) is 81.8 Å². The number of hydrogen-bond donors (Lipinski definition) is 2. The molecule has 1 aromatic carbocycles. The molecule has 0 spiro atoms. The third-order valence-corrected chi connectivity index (χ3v) is 8.27. The fraction of sp³-hybridized carbons (Fsp3) is 0.371. The van der Waals surface area contributed by atoms with Gasteiger partial charge in [0.05, 0.1) is 24.3 Å². The predicted molar refractivity (Wildman–Crippen MR) is 173 cm³/mol. The molecule has 3 heterocycles. The molecule has 0 radical (unpaired) electrons. The van der Waals surface area contributed by atoms with E-state index in [1.807, 2.05) is 46.0 Å². The Kier molecular flexibility index (Phi) is 9.83. The van der Waals surface area contributed by atoms with Gasteiger partial charge in [-0.25, -0.2) is 9.78 Å². The van der Waals surface area contributed by atoms with Gasteiger partial charge in [0, 0.05) is 44.0 Å². The first kappa shape index (κ1) is 31.7. The summed E-state index contributed by atoms with van der Waals surface area (Å²) in [6.07, 6.45) is 6.72. The Morgan fingerprint density at radius 1 is 1.09 bits per heavy atom. The lowest BCUT2D eigenvalue weighted by atomic mass is 10.0. The maximum atomic E-state index is 13.4. The molecule has 2 aliphatic rings. The zero-order valence-electron chi connectivity index (χ0n) is 26.4. The molecule has 1 aliphatic carbocycles. The Labute approximate surface area is 264 Å². The zero-order valence-corrected chi connectivity index (χ0v) is 26.4. The molecule has 10 nitrogen and oxygen atoms in total. The number of aromatic nitrogens is 2. The van der Waals surface area contributed by atoms with E-state index in [2.05, 4.69) is 33.2 Å². The Morgan fingerprint density at radius 2 is 1.89 bits per heavy atom. The van der Waals surface area contributed by atoms with E-state index in [4.69, 9.17) is 9.72 Å². The van der Waals surface area contributed by atoms with Gasteiger partial charge in [0.1, 0.15) is 11.6 Å². The van der Waals surface area contributed by atoms with Crippen LogP contribution in [0.3, 0.4) is 0 Å². The van der Waals surface area contributed by atoms with E-state index in [9.17, 15) is 14.4 Å². The molecule has 3 amide bonds. The molecule has 5 rings (SSSR count). The van der Waals surface area contributed by atoms with Gasteiger partial charge in [-0.1, -0.05) is 18.7 Å². The summed E-state index contributed by atoms with van der Waals surface area (Å²) in [7, 11) is 0. The third kappa shape index (κ3) is 7.51. The first-order chi connectivity index (χ1) is 21.7. The van der Waals surface area contributed by atoms with Crippen LogP contribution < -0.4 is 15.4 Å². The lowest BCUT2D eigenvalue weighted by Crippen LogP contribution is -2.47. The minimum Gasteiger partial charge on any atom is -0.482 e. The minimum absolute atomic E-state index is 0.110. The van der Waals surface area contributed by atoms with Crippen LogP contribution in [-0.4, -0.2) is 75.6 Å². The van der Waals surface area contributed by atoms with Gasteiger partial charge >= 0.3 is 5.91 Å². The van der Waals surface area contributed by atoms with Crippen LogP contribution in [0.5, 0.6) is 5.75 Å². The first-order valence-corrected chi connectivity index (χ1v) is 15.5. The van der Waals surface area contributed by atoms with Crippen LogP contribution in [0.4, 0.5) is 5.82 Å². The number of aryl methyl sites for hydroxylation is 2. The van der Waals surface area contributed by atoms with Crippen molar-refractivity contribution in [1.29, 1.82) is 0 Å². The van der Waals surface area contributed by atoms with Crippen molar-refractivity contribution < 1.29 is 23.7 Å². The molecule has 234 valence electrons. The second-order valence-corrected chi connectivity index (χ2v) is 11.7. The molecule has 10 heteroatoms. The van der Waals surface area contributed by atoms with E-state index in [0.717, 1.165) is 17.0 Å².